The molecule has 1 atom stereocenters. The lowest BCUT2D eigenvalue weighted by atomic mass is 10.1. The molecule has 2 N–H and O–H groups in total. The van der Waals surface area contributed by atoms with Gasteiger partial charge in [-0.15, -0.1) is 0 Å². The molecule has 0 saturated heterocycles. The Morgan fingerprint density at radius 2 is 2.08 bits per heavy atom. The second kappa shape index (κ2) is 7.98. The van der Waals surface area contributed by atoms with Crippen LogP contribution in [0.15, 0.2) is 23.2 Å². The third kappa shape index (κ3) is 4.15. The second-order valence-electron chi connectivity index (χ2n) is 5.39. The summed E-state index contributed by atoms with van der Waals surface area (Å²) in [4.78, 5) is 15.3. The van der Waals surface area contributed by atoms with E-state index in [-0.39, 0.29) is 36.2 Å². The number of carboxylic acid groups (broad SMARTS) is 1. The van der Waals surface area contributed by atoms with Crippen LogP contribution in [0.3, 0.4) is 0 Å². The molecular weight excluding hydrogens is 318 g/mol. The number of aliphatic imine (C=N–C) groups is 1. The molecule has 1 aliphatic heterocycles. The molecule has 132 valence electrons. The van der Waals surface area contributed by atoms with E-state index in [1.807, 2.05) is 0 Å². The van der Waals surface area contributed by atoms with Crippen molar-refractivity contribution in [1.82, 2.24) is 0 Å². The van der Waals surface area contributed by atoms with Crippen molar-refractivity contribution in [2.45, 2.75) is 12.5 Å². The lowest BCUT2D eigenvalue weighted by molar-refractivity contribution is -0.142. The maximum absolute atomic E-state index is 11.2. The largest absolute Gasteiger partial charge is 0.504 e. The van der Waals surface area contributed by atoms with Gasteiger partial charge in [-0.25, -0.2) is 9.79 Å². The Kier molecular flexibility index (Phi) is 5.99. The number of nitrogens with zero attached hydrogens (tertiary/aromatic N) is 1. The summed E-state index contributed by atoms with van der Waals surface area (Å²) in [6.07, 6.45) is 0. The topological polar surface area (TPSA) is 107 Å². The number of phenolic OH excluding ortho intramolecular Hbond substituents is 1. The number of para-hydroxylation sites is 1. The number of hydrogen-bond acceptors (Lipinski definition) is 7. The van der Waals surface area contributed by atoms with Gasteiger partial charge in [-0.2, -0.15) is 0 Å². The molecule has 0 amide bonds. The average Bonchev–Trinajstić information content (AvgIpc) is 2.96. The number of phenols is 1. The predicted octanol–water partition coefficient (Wildman–Crippen LogP) is 1.05. The van der Waals surface area contributed by atoms with Gasteiger partial charge in [-0.3, -0.25) is 0 Å². The molecule has 0 fully saturated rings. The molecule has 1 aromatic carbocycles. The summed E-state index contributed by atoms with van der Waals surface area (Å²) in [5, 5.41) is 19.5. The van der Waals surface area contributed by atoms with Gasteiger partial charge >= 0.3 is 5.97 Å². The number of ether oxygens (including phenoxy) is 4. The predicted molar refractivity (Wildman–Crippen MR) is 84.8 cm³/mol. The molecule has 0 aliphatic carbocycles. The Labute approximate surface area is 139 Å². The standard InChI is InChI=1S/C16H21NO7/c1-16(15(19)20)10-24-14(17-16)11-4-3-5-12(13(11)18)23-9-8-22-7-6-21-2/h3-5,18H,6-10H2,1-2H3,(H,19,20)/t16-/m1/s1. The summed E-state index contributed by atoms with van der Waals surface area (Å²) in [6.45, 7) is 2.93. The lowest BCUT2D eigenvalue weighted by Crippen LogP contribution is -2.34. The van der Waals surface area contributed by atoms with Crippen molar-refractivity contribution < 1.29 is 34.0 Å². The van der Waals surface area contributed by atoms with Gasteiger partial charge in [0.1, 0.15) is 13.2 Å². The Balaban J connectivity index is 2.02. The fourth-order valence-electron chi connectivity index (χ4n) is 2.01. The highest BCUT2D eigenvalue weighted by molar-refractivity contribution is 6.01. The van der Waals surface area contributed by atoms with Crippen LogP contribution in [0, 0.1) is 0 Å². The molecule has 24 heavy (non-hydrogen) atoms. The number of rotatable bonds is 9. The zero-order chi connectivity index (χ0) is 17.6. The number of carboxylic acids is 1. The van der Waals surface area contributed by atoms with E-state index in [1.165, 1.54) is 6.92 Å². The van der Waals surface area contributed by atoms with E-state index < -0.39 is 11.5 Å². The van der Waals surface area contributed by atoms with Crippen molar-refractivity contribution in [3.8, 4) is 11.5 Å². The van der Waals surface area contributed by atoms with Crippen molar-refractivity contribution in [1.29, 1.82) is 0 Å². The van der Waals surface area contributed by atoms with Crippen LogP contribution < -0.4 is 4.74 Å². The fourth-order valence-corrected chi connectivity index (χ4v) is 2.01. The number of benzene rings is 1. The Morgan fingerprint density at radius 1 is 1.33 bits per heavy atom. The van der Waals surface area contributed by atoms with Crippen LogP contribution in [0.4, 0.5) is 0 Å². The zero-order valence-electron chi connectivity index (χ0n) is 13.7. The van der Waals surface area contributed by atoms with Crippen molar-refractivity contribution in [2.75, 3.05) is 40.1 Å². The smallest absolute Gasteiger partial charge is 0.335 e. The minimum absolute atomic E-state index is 0.0826. The first-order valence-corrected chi connectivity index (χ1v) is 7.46. The minimum atomic E-state index is -1.35. The number of hydrogen-bond donors (Lipinski definition) is 2. The van der Waals surface area contributed by atoms with Gasteiger partial charge in [0.15, 0.2) is 17.0 Å². The summed E-state index contributed by atoms with van der Waals surface area (Å²) < 4.78 is 20.9. The number of carbonyl (C=O) groups is 1. The average molecular weight is 339 g/mol. The van der Waals surface area contributed by atoms with Crippen LogP contribution in [0.1, 0.15) is 12.5 Å². The number of aromatic hydroxyl groups is 1. The Morgan fingerprint density at radius 3 is 2.75 bits per heavy atom. The first-order chi connectivity index (χ1) is 11.5. The van der Waals surface area contributed by atoms with Crippen molar-refractivity contribution >= 4 is 11.9 Å². The molecule has 1 aromatic rings. The molecule has 0 bridgehead atoms. The van der Waals surface area contributed by atoms with Crippen LogP contribution in [-0.2, 0) is 19.0 Å². The van der Waals surface area contributed by atoms with E-state index >= 15 is 0 Å². The van der Waals surface area contributed by atoms with Gasteiger partial charge in [-0.05, 0) is 19.1 Å². The molecule has 1 aliphatic rings. The van der Waals surface area contributed by atoms with Crippen molar-refractivity contribution in [3.63, 3.8) is 0 Å². The molecule has 2 rings (SSSR count). The summed E-state index contributed by atoms with van der Waals surface area (Å²) in [7, 11) is 1.59. The molecule has 0 saturated carbocycles. The highest BCUT2D eigenvalue weighted by atomic mass is 16.5. The van der Waals surface area contributed by atoms with Gasteiger partial charge in [0.25, 0.3) is 0 Å². The second-order valence-corrected chi connectivity index (χ2v) is 5.39. The van der Waals surface area contributed by atoms with E-state index in [9.17, 15) is 9.90 Å². The summed E-state index contributed by atoms with van der Waals surface area (Å²) in [5.74, 6) is -0.905. The SMILES string of the molecule is COCCOCCOc1cccc(C2=N[C@@](C)(C(=O)O)CO2)c1O. The number of methoxy groups -OCH3 is 1. The fraction of sp³-hybridized carbons (Fsp3) is 0.500. The zero-order valence-corrected chi connectivity index (χ0v) is 13.7. The van der Waals surface area contributed by atoms with Gasteiger partial charge in [0.05, 0.1) is 25.4 Å². The molecule has 8 nitrogen and oxygen atoms in total. The molecule has 0 aromatic heterocycles. The normalized spacial score (nSPS) is 19.7. The maximum atomic E-state index is 11.2. The molecule has 0 spiro atoms. The van der Waals surface area contributed by atoms with E-state index in [2.05, 4.69) is 4.99 Å². The highest BCUT2D eigenvalue weighted by Gasteiger charge is 2.40. The van der Waals surface area contributed by atoms with Crippen LogP contribution in [0.2, 0.25) is 0 Å². The van der Waals surface area contributed by atoms with Crippen LogP contribution in [0.25, 0.3) is 0 Å². The van der Waals surface area contributed by atoms with E-state index in [1.54, 1.807) is 25.3 Å². The van der Waals surface area contributed by atoms with E-state index in [4.69, 9.17) is 24.1 Å². The van der Waals surface area contributed by atoms with Crippen LogP contribution in [-0.4, -0.2) is 67.8 Å². The Bertz CT molecular complexity index is 616. The first kappa shape index (κ1) is 18.0. The van der Waals surface area contributed by atoms with E-state index in [0.29, 0.717) is 19.8 Å². The highest BCUT2D eigenvalue weighted by Crippen LogP contribution is 2.33. The van der Waals surface area contributed by atoms with Crippen molar-refractivity contribution in [2.24, 2.45) is 4.99 Å². The lowest BCUT2D eigenvalue weighted by Gasteiger charge is -2.11. The third-order valence-corrected chi connectivity index (χ3v) is 3.45. The van der Waals surface area contributed by atoms with Gasteiger partial charge in [0.2, 0.25) is 5.90 Å². The minimum Gasteiger partial charge on any atom is -0.504 e. The van der Waals surface area contributed by atoms with Gasteiger partial charge < -0.3 is 29.2 Å². The van der Waals surface area contributed by atoms with Gasteiger partial charge in [0, 0.05) is 7.11 Å². The molecule has 0 radical (unpaired) electrons. The van der Waals surface area contributed by atoms with Crippen molar-refractivity contribution in [3.05, 3.63) is 23.8 Å². The summed E-state index contributed by atoms with van der Waals surface area (Å²) in [6, 6.07) is 4.85. The van der Waals surface area contributed by atoms with Crippen LogP contribution in [0.5, 0.6) is 11.5 Å². The maximum Gasteiger partial charge on any atom is 0.335 e. The summed E-state index contributed by atoms with van der Waals surface area (Å²) >= 11 is 0. The monoisotopic (exact) mass is 339 g/mol. The first-order valence-electron chi connectivity index (χ1n) is 7.46. The quantitative estimate of drug-likeness (QED) is 0.648. The molecule has 0 unspecified atom stereocenters. The number of aliphatic carboxylic acids is 1. The molecule has 8 heteroatoms. The molecule has 1 heterocycles. The van der Waals surface area contributed by atoms with Crippen LogP contribution >= 0.6 is 0 Å². The summed E-state index contributed by atoms with van der Waals surface area (Å²) in [5.41, 5.74) is -1.06. The third-order valence-electron chi connectivity index (χ3n) is 3.45. The van der Waals surface area contributed by atoms with E-state index in [0.717, 1.165) is 0 Å². The Hall–Kier alpha value is -2.32. The van der Waals surface area contributed by atoms with Gasteiger partial charge in [-0.1, -0.05) is 6.07 Å². The molecular formula is C16H21NO7.